The second kappa shape index (κ2) is 8.22. The van der Waals surface area contributed by atoms with Crippen LogP contribution in [0.25, 0.3) is 0 Å². The van der Waals surface area contributed by atoms with E-state index in [2.05, 4.69) is 5.32 Å². The van der Waals surface area contributed by atoms with E-state index in [-0.39, 0.29) is 12.1 Å². The van der Waals surface area contributed by atoms with Gasteiger partial charge in [-0.2, -0.15) is 13.2 Å². The van der Waals surface area contributed by atoms with Gasteiger partial charge in [0.1, 0.15) is 5.60 Å². The number of anilines is 1. The van der Waals surface area contributed by atoms with Crippen LogP contribution in [-0.4, -0.2) is 36.1 Å². The van der Waals surface area contributed by atoms with Gasteiger partial charge in [-0.15, -0.1) is 0 Å². The van der Waals surface area contributed by atoms with Crippen molar-refractivity contribution < 1.29 is 27.5 Å². The van der Waals surface area contributed by atoms with E-state index >= 15 is 0 Å². The SMILES string of the molecule is CN(CCCC(=O)Nc1cccc(C(F)(F)F)c1)C(=O)OC(C)(C)C. The zero-order valence-corrected chi connectivity index (χ0v) is 14.7. The monoisotopic (exact) mass is 360 g/mol. The summed E-state index contributed by atoms with van der Waals surface area (Å²) in [6.07, 6.45) is -4.52. The number of rotatable bonds is 5. The molecule has 8 heteroatoms. The van der Waals surface area contributed by atoms with E-state index in [1.54, 1.807) is 27.8 Å². The number of nitrogens with one attached hydrogen (secondary N) is 1. The minimum absolute atomic E-state index is 0.0728. The number of nitrogens with zero attached hydrogens (tertiary/aromatic N) is 1. The molecule has 0 aliphatic rings. The van der Waals surface area contributed by atoms with Crippen LogP contribution < -0.4 is 5.32 Å². The Labute approximate surface area is 145 Å². The number of ether oxygens (including phenoxy) is 1. The van der Waals surface area contributed by atoms with Crippen LogP contribution in [0.4, 0.5) is 23.7 Å². The molecule has 0 radical (unpaired) electrons. The Hall–Kier alpha value is -2.25. The zero-order valence-electron chi connectivity index (χ0n) is 14.7. The molecule has 0 aliphatic carbocycles. The molecule has 0 saturated carbocycles. The Morgan fingerprint density at radius 3 is 2.40 bits per heavy atom. The summed E-state index contributed by atoms with van der Waals surface area (Å²) in [6.45, 7) is 5.55. The van der Waals surface area contributed by atoms with Crippen molar-refractivity contribution in [3.63, 3.8) is 0 Å². The van der Waals surface area contributed by atoms with Crippen molar-refractivity contribution in [1.29, 1.82) is 0 Å². The molecule has 0 saturated heterocycles. The van der Waals surface area contributed by atoms with Gasteiger partial charge in [0.2, 0.25) is 5.91 Å². The summed E-state index contributed by atoms with van der Waals surface area (Å²) in [5.74, 6) is -0.420. The number of benzene rings is 1. The van der Waals surface area contributed by atoms with Crippen molar-refractivity contribution >= 4 is 17.7 Å². The van der Waals surface area contributed by atoms with E-state index < -0.39 is 29.3 Å². The second-order valence-electron chi connectivity index (χ2n) is 6.63. The molecular weight excluding hydrogens is 337 g/mol. The summed E-state index contributed by atoms with van der Waals surface area (Å²) in [5.41, 5.74) is -1.35. The van der Waals surface area contributed by atoms with E-state index in [1.807, 2.05) is 0 Å². The smallest absolute Gasteiger partial charge is 0.416 e. The lowest BCUT2D eigenvalue weighted by Crippen LogP contribution is -2.35. The Balaban J connectivity index is 2.44. The lowest BCUT2D eigenvalue weighted by Gasteiger charge is -2.24. The molecule has 1 aromatic rings. The number of carbonyl (C=O) groups is 2. The van der Waals surface area contributed by atoms with Crippen molar-refractivity contribution in [2.24, 2.45) is 0 Å². The van der Waals surface area contributed by atoms with E-state index in [1.165, 1.54) is 17.0 Å². The summed E-state index contributed by atoms with van der Waals surface area (Å²) in [6, 6.07) is 4.44. The largest absolute Gasteiger partial charge is 0.444 e. The highest BCUT2D eigenvalue weighted by Crippen LogP contribution is 2.30. The Kier molecular flexibility index (Phi) is 6.84. The predicted octanol–water partition coefficient (Wildman–Crippen LogP) is 4.29. The Bertz CT molecular complexity index is 610. The van der Waals surface area contributed by atoms with Crippen LogP contribution in [0.5, 0.6) is 0 Å². The summed E-state index contributed by atoms with van der Waals surface area (Å²) >= 11 is 0. The topological polar surface area (TPSA) is 58.6 Å². The molecule has 1 aromatic carbocycles. The van der Waals surface area contributed by atoms with E-state index in [4.69, 9.17) is 4.74 Å². The fraction of sp³-hybridized carbons (Fsp3) is 0.529. The van der Waals surface area contributed by atoms with Crippen molar-refractivity contribution in [3.05, 3.63) is 29.8 Å². The van der Waals surface area contributed by atoms with Crippen molar-refractivity contribution in [3.8, 4) is 0 Å². The summed E-state index contributed by atoms with van der Waals surface area (Å²) in [5, 5.41) is 2.42. The molecule has 1 rings (SSSR count). The number of amides is 2. The van der Waals surface area contributed by atoms with Gasteiger partial charge in [0.05, 0.1) is 5.56 Å². The number of alkyl halides is 3. The summed E-state index contributed by atoms with van der Waals surface area (Å²) < 4.78 is 43.1. The minimum atomic E-state index is -4.46. The molecule has 0 unspecified atom stereocenters. The fourth-order valence-electron chi connectivity index (χ4n) is 1.90. The highest BCUT2D eigenvalue weighted by molar-refractivity contribution is 5.90. The lowest BCUT2D eigenvalue weighted by molar-refractivity contribution is -0.137. The standard InChI is InChI=1S/C17H23F3N2O3/c1-16(2,3)25-15(24)22(4)10-6-9-14(23)21-13-8-5-7-12(11-13)17(18,19)20/h5,7-8,11H,6,9-10H2,1-4H3,(H,21,23). The summed E-state index contributed by atoms with van der Waals surface area (Å²) in [4.78, 5) is 24.9. The molecule has 0 spiro atoms. The third-order valence-corrected chi connectivity index (χ3v) is 3.08. The van der Waals surface area contributed by atoms with Crippen LogP contribution in [0.15, 0.2) is 24.3 Å². The molecule has 25 heavy (non-hydrogen) atoms. The quantitative estimate of drug-likeness (QED) is 0.852. The van der Waals surface area contributed by atoms with E-state index in [0.717, 1.165) is 12.1 Å². The number of carbonyl (C=O) groups excluding carboxylic acids is 2. The van der Waals surface area contributed by atoms with Crippen LogP contribution in [-0.2, 0) is 15.7 Å². The third-order valence-electron chi connectivity index (χ3n) is 3.08. The molecule has 2 amide bonds. The fourth-order valence-corrected chi connectivity index (χ4v) is 1.90. The third kappa shape index (κ3) is 7.91. The highest BCUT2D eigenvalue weighted by atomic mass is 19.4. The maximum atomic E-state index is 12.6. The maximum absolute atomic E-state index is 12.6. The van der Waals surface area contributed by atoms with Gasteiger partial charge in [0.25, 0.3) is 0 Å². The van der Waals surface area contributed by atoms with Gasteiger partial charge in [0.15, 0.2) is 0 Å². The molecule has 0 atom stereocenters. The Morgan fingerprint density at radius 1 is 1.20 bits per heavy atom. The Morgan fingerprint density at radius 2 is 1.84 bits per heavy atom. The molecule has 0 heterocycles. The maximum Gasteiger partial charge on any atom is 0.416 e. The van der Waals surface area contributed by atoms with Crippen molar-refractivity contribution in [1.82, 2.24) is 4.90 Å². The lowest BCUT2D eigenvalue weighted by atomic mass is 10.2. The van der Waals surface area contributed by atoms with Gasteiger partial charge in [0, 0.05) is 25.7 Å². The molecular formula is C17H23F3N2O3. The van der Waals surface area contributed by atoms with Gasteiger partial charge < -0.3 is 15.0 Å². The van der Waals surface area contributed by atoms with Crippen LogP contribution in [0.1, 0.15) is 39.2 Å². The minimum Gasteiger partial charge on any atom is -0.444 e. The average Bonchev–Trinajstić information content (AvgIpc) is 2.44. The first-order chi connectivity index (χ1) is 11.4. The molecule has 0 bridgehead atoms. The van der Waals surface area contributed by atoms with E-state index in [9.17, 15) is 22.8 Å². The van der Waals surface area contributed by atoms with Gasteiger partial charge in [-0.3, -0.25) is 4.79 Å². The van der Waals surface area contributed by atoms with Crippen LogP contribution >= 0.6 is 0 Å². The zero-order chi connectivity index (χ0) is 19.3. The van der Waals surface area contributed by atoms with Crippen molar-refractivity contribution in [2.45, 2.75) is 45.4 Å². The molecule has 0 fully saturated rings. The first kappa shape index (κ1) is 20.8. The van der Waals surface area contributed by atoms with E-state index in [0.29, 0.717) is 13.0 Å². The van der Waals surface area contributed by atoms with Gasteiger partial charge in [-0.25, -0.2) is 4.79 Å². The van der Waals surface area contributed by atoms with Gasteiger partial charge >= 0.3 is 12.3 Å². The van der Waals surface area contributed by atoms with Gasteiger partial charge in [-0.05, 0) is 45.4 Å². The molecule has 140 valence electrons. The number of hydrogen-bond donors (Lipinski definition) is 1. The van der Waals surface area contributed by atoms with Crippen LogP contribution in [0.2, 0.25) is 0 Å². The highest BCUT2D eigenvalue weighted by Gasteiger charge is 2.30. The normalized spacial score (nSPS) is 11.8. The average molecular weight is 360 g/mol. The number of halogens is 3. The first-order valence-electron chi connectivity index (χ1n) is 7.80. The molecule has 0 aliphatic heterocycles. The molecule has 5 nitrogen and oxygen atoms in total. The molecule has 1 N–H and O–H groups in total. The first-order valence-corrected chi connectivity index (χ1v) is 7.80. The van der Waals surface area contributed by atoms with Crippen LogP contribution in [0.3, 0.4) is 0 Å². The molecule has 0 aromatic heterocycles. The van der Waals surface area contributed by atoms with Gasteiger partial charge in [-0.1, -0.05) is 6.07 Å². The van der Waals surface area contributed by atoms with Crippen LogP contribution in [0, 0.1) is 0 Å². The second-order valence-corrected chi connectivity index (χ2v) is 6.63. The summed E-state index contributed by atoms with van der Waals surface area (Å²) in [7, 11) is 1.55. The predicted molar refractivity (Wildman–Crippen MR) is 88.2 cm³/mol. The number of hydrogen-bond acceptors (Lipinski definition) is 3. The van der Waals surface area contributed by atoms with Crippen molar-refractivity contribution in [2.75, 3.05) is 18.9 Å².